The Morgan fingerprint density at radius 3 is 2.82 bits per heavy atom. The molecule has 0 unspecified atom stereocenters. The number of fused-ring (bicyclic) bond motifs is 1. The van der Waals surface area contributed by atoms with Crippen molar-refractivity contribution in [3.63, 3.8) is 0 Å². The highest BCUT2D eigenvalue weighted by Gasteiger charge is 2.23. The first kappa shape index (κ1) is 12.8. The summed E-state index contributed by atoms with van der Waals surface area (Å²) in [5.74, 6) is 0.602. The van der Waals surface area contributed by atoms with Crippen LogP contribution in [-0.2, 0) is 23.5 Å². The van der Waals surface area contributed by atoms with Crippen molar-refractivity contribution >= 4 is 22.1 Å². The molecule has 0 fully saturated rings. The lowest BCUT2D eigenvalue weighted by molar-refractivity contribution is 0.281. The van der Waals surface area contributed by atoms with Crippen molar-refractivity contribution in [1.29, 1.82) is 0 Å². The van der Waals surface area contributed by atoms with E-state index in [9.17, 15) is 8.42 Å². The third-order valence-electron chi connectivity index (χ3n) is 2.58. The van der Waals surface area contributed by atoms with Gasteiger partial charge in [0.25, 0.3) is 0 Å². The second-order valence-corrected chi connectivity index (χ2v) is 6.31. The molecule has 0 spiro atoms. The van der Waals surface area contributed by atoms with Crippen LogP contribution in [0.3, 0.4) is 0 Å². The zero-order valence-corrected chi connectivity index (χ0v) is 10.7. The first-order valence-corrected chi connectivity index (χ1v) is 7.47. The van der Waals surface area contributed by atoms with E-state index in [1.807, 2.05) is 12.1 Å². The lowest BCUT2D eigenvalue weighted by atomic mass is 10.1. The Morgan fingerprint density at radius 2 is 2.18 bits per heavy atom. The summed E-state index contributed by atoms with van der Waals surface area (Å²) in [7, 11) is -4.15. The van der Waals surface area contributed by atoms with E-state index in [-0.39, 0.29) is 19.7 Å². The molecule has 1 aliphatic rings. The van der Waals surface area contributed by atoms with E-state index in [0.717, 1.165) is 20.3 Å². The van der Waals surface area contributed by atoms with Crippen LogP contribution in [0.5, 0.6) is 0 Å². The maximum atomic E-state index is 11.1. The summed E-state index contributed by atoms with van der Waals surface area (Å²) in [6.45, 7) is 0.353. The van der Waals surface area contributed by atoms with Gasteiger partial charge >= 0.3 is 10.3 Å². The van der Waals surface area contributed by atoms with Gasteiger partial charge in [-0.05, 0) is 17.2 Å². The van der Waals surface area contributed by atoms with Crippen LogP contribution in [0, 0.1) is 0 Å². The van der Waals surface area contributed by atoms with Gasteiger partial charge in [0.2, 0.25) is 0 Å². The molecule has 0 aliphatic carbocycles. The summed E-state index contributed by atoms with van der Waals surface area (Å²) < 4.78 is 32.3. The summed E-state index contributed by atoms with van der Waals surface area (Å²) in [5, 5.41) is 9.05. The summed E-state index contributed by atoms with van der Waals surface area (Å²) in [6, 6.07) is 5.46. The highest BCUT2D eigenvalue weighted by molar-refractivity contribution is 7.99. The molecule has 0 bridgehead atoms. The molecule has 2 N–H and O–H groups in total. The molecule has 0 saturated carbocycles. The predicted molar refractivity (Wildman–Crippen MR) is 65.0 cm³/mol. The molecule has 7 heteroatoms. The average molecular weight is 275 g/mol. The lowest BCUT2D eigenvalue weighted by Gasteiger charge is -2.15. The van der Waals surface area contributed by atoms with Crippen LogP contribution in [0.1, 0.15) is 11.1 Å². The highest BCUT2D eigenvalue weighted by Crippen LogP contribution is 2.29. The fourth-order valence-electron chi connectivity index (χ4n) is 1.72. The van der Waals surface area contributed by atoms with Gasteiger partial charge < -0.3 is 5.11 Å². The molecule has 5 nitrogen and oxygen atoms in total. The maximum absolute atomic E-state index is 11.1. The number of thioether (sulfide) groups is 1. The SMILES string of the molecule is O=S(=O)(O)N1CCSc2ccc(CO)cc2C1. The van der Waals surface area contributed by atoms with Gasteiger partial charge in [-0.25, -0.2) is 0 Å². The third-order valence-corrected chi connectivity index (χ3v) is 4.64. The van der Waals surface area contributed by atoms with Crippen LogP contribution in [0.2, 0.25) is 0 Å². The largest absolute Gasteiger partial charge is 0.392 e. The Hall–Kier alpha value is -0.600. The van der Waals surface area contributed by atoms with E-state index >= 15 is 0 Å². The van der Waals surface area contributed by atoms with Crippen LogP contribution in [0.4, 0.5) is 0 Å². The van der Waals surface area contributed by atoms with Crippen molar-refractivity contribution in [2.45, 2.75) is 18.0 Å². The molecular weight excluding hydrogens is 262 g/mol. The number of aliphatic hydroxyl groups excluding tert-OH is 1. The fraction of sp³-hybridized carbons (Fsp3) is 0.400. The van der Waals surface area contributed by atoms with Crippen LogP contribution >= 0.6 is 11.8 Å². The van der Waals surface area contributed by atoms with Crippen LogP contribution in [-0.4, -0.2) is 34.7 Å². The Morgan fingerprint density at radius 1 is 1.41 bits per heavy atom. The minimum atomic E-state index is -4.15. The standard InChI is InChI=1S/C10H13NO4S2/c12-7-8-1-2-10-9(5-8)6-11(3-4-16-10)17(13,14)15/h1-2,5,12H,3-4,6-7H2,(H,13,14,15). The molecule has 1 aromatic carbocycles. The molecule has 1 aromatic rings. The number of aliphatic hydroxyl groups is 1. The first-order chi connectivity index (χ1) is 8.00. The van der Waals surface area contributed by atoms with E-state index in [1.54, 1.807) is 17.8 Å². The summed E-state index contributed by atoms with van der Waals surface area (Å²) >= 11 is 1.55. The van der Waals surface area contributed by atoms with Crippen molar-refractivity contribution in [2.75, 3.05) is 12.3 Å². The molecule has 1 aliphatic heterocycles. The third kappa shape index (κ3) is 2.99. The summed E-state index contributed by atoms with van der Waals surface area (Å²) in [6.07, 6.45) is 0. The molecule has 0 saturated heterocycles. The molecule has 0 amide bonds. The predicted octanol–water partition coefficient (Wildman–Crippen LogP) is 0.889. The quantitative estimate of drug-likeness (QED) is 0.784. The number of rotatable bonds is 2. The van der Waals surface area contributed by atoms with Crippen molar-refractivity contribution < 1.29 is 18.1 Å². The summed E-state index contributed by atoms with van der Waals surface area (Å²) in [4.78, 5) is 0.994. The van der Waals surface area contributed by atoms with Gasteiger partial charge in [0.15, 0.2) is 0 Å². The number of nitrogens with zero attached hydrogens (tertiary/aromatic N) is 1. The number of benzene rings is 1. The molecule has 94 valence electrons. The van der Waals surface area contributed by atoms with Gasteiger partial charge in [-0.2, -0.15) is 12.7 Å². The minimum absolute atomic E-state index is 0.0795. The van der Waals surface area contributed by atoms with Gasteiger partial charge in [0.1, 0.15) is 0 Å². The van der Waals surface area contributed by atoms with Crippen LogP contribution in [0.15, 0.2) is 23.1 Å². The molecule has 2 rings (SSSR count). The van der Waals surface area contributed by atoms with E-state index in [0.29, 0.717) is 5.75 Å². The van der Waals surface area contributed by atoms with Crippen LogP contribution < -0.4 is 0 Å². The van der Waals surface area contributed by atoms with Gasteiger partial charge in [0.05, 0.1) is 6.61 Å². The van der Waals surface area contributed by atoms with Gasteiger partial charge in [-0.3, -0.25) is 4.55 Å². The second-order valence-electron chi connectivity index (χ2n) is 3.76. The first-order valence-electron chi connectivity index (χ1n) is 5.09. The number of hydrogen-bond acceptors (Lipinski definition) is 4. The van der Waals surface area contributed by atoms with Crippen LogP contribution in [0.25, 0.3) is 0 Å². The summed E-state index contributed by atoms with van der Waals surface area (Å²) in [5.41, 5.74) is 1.55. The van der Waals surface area contributed by atoms with Crippen molar-refractivity contribution in [3.05, 3.63) is 29.3 Å². The van der Waals surface area contributed by atoms with Gasteiger partial charge in [-0.15, -0.1) is 11.8 Å². The monoisotopic (exact) mass is 275 g/mol. The molecule has 0 radical (unpaired) electrons. The molecule has 1 heterocycles. The average Bonchev–Trinajstić information content (AvgIpc) is 2.49. The van der Waals surface area contributed by atoms with Gasteiger partial charge in [0, 0.05) is 23.7 Å². The Balaban J connectivity index is 2.35. The van der Waals surface area contributed by atoms with Crippen molar-refractivity contribution in [1.82, 2.24) is 4.31 Å². The van der Waals surface area contributed by atoms with E-state index in [1.165, 1.54) is 0 Å². The maximum Gasteiger partial charge on any atom is 0.336 e. The van der Waals surface area contributed by atoms with Crippen molar-refractivity contribution in [2.24, 2.45) is 0 Å². The lowest BCUT2D eigenvalue weighted by Crippen LogP contribution is -2.31. The molecular formula is C10H13NO4S2. The molecule has 0 atom stereocenters. The fourth-order valence-corrected chi connectivity index (χ4v) is 3.46. The number of hydrogen-bond donors (Lipinski definition) is 2. The second kappa shape index (κ2) is 4.95. The minimum Gasteiger partial charge on any atom is -0.392 e. The Kier molecular flexibility index (Phi) is 3.74. The van der Waals surface area contributed by atoms with E-state index < -0.39 is 10.3 Å². The Bertz CT molecular complexity index is 515. The molecule has 0 aromatic heterocycles. The smallest absolute Gasteiger partial charge is 0.336 e. The zero-order valence-electron chi connectivity index (χ0n) is 9.04. The highest BCUT2D eigenvalue weighted by atomic mass is 32.2. The zero-order chi connectivity index (χ0) is 12.5. The van der Waals surface area contributed by atoms with Crippen molar-refractivity contribution in [3.8, 4) is 0 Å². The van der Waals surface area contributed by atoms with E-state index in [2.05, 4.69) is 0 Å². The normalized spacial score (nSPS) is 17.5. The Labute approximate surface area is 104 Å². The van der Waals surface area contributed by atoms with Gasteiger partial charge in [-0.1, -0.05) is 12.1 Å². The topological polar surface area (TPSA) is 77.8 Å². The van der Waals surface area contributed by atoms with E-state index in [4.69, 9.17) is 9.66 Å². The molecule has 17 heavy (non-hydrogen) atoms.